The zero-order valence-corrected chi connectivity index (χ0v) is 15.0. The number of morpholine rings is 1. The van der Waals surface area contributed by atoms with E-state index in [2.05, 4.69) is 10.6 Å². The van der Waals surface area contributed by atoms with Crippen LogP contribution < -0.4 is 15.4 Å². The summed E-state index contributed by atoms with van der Waals surface area (Å²) >= 11 is 0. The van der Waals surface area contributed by atoms with Crippen LogP contribution in [0.25, 0.3) is 0 Å². The smallest absolute Gasteiger partial charge is 0.250 e. The molecule has 1 fully saturated rings. The number of hydrogen-bond donors (Lipinski definition) is 2. The first-order valence-electron chi connectivity index (χ1n) is 8.15. The van der Waals surface area contributed by atoms with Crippen LogP contribution in [0.3, 0.4) is 0 Å². The molecule has 2 aromatic rings. The van der Waals surface area contributed by atoms with Gasteiger partial charge in [0.2, 0.25) is 0 Å². The molecule has 0 aliphatic carbocycles. The molecule has 5 nitrogen and oxygen atoms in total. The summed E-state index contributed by atoms with van der Waals surface area (Å²) in [6, 6.07) is 15.6. The molecule has 1 aliphatic heterocycles. The highest BCUT2D eigenvalue weighted by atomic mass is 35.5. The van der Waals surface area contributed by atoms with Crippen LogP contribution in [0, 0.1) is 6.92 Å². The summed E-state index contributed by atoms with van der Waals surface area (Å²) in [5.74, 6) is 1.42. The van der Waals surface area contributed by atoms with E-state index < -0.39 is 6.10 Å². The lowest BCUT2D eigenvalue weighted by Gasteiger charge is -2.23. The highest BCUT2D eigenvalue weighted by molar-refractivity contribution is 5.85. The van der Waals surface area contributed by atoms with Gasteiger partial charge in [-0.3, -0.25) is 4.79 Å². The quantitative estimate of drug-likeness (QED) is 0.858. The maximum Gasteiger partial charge on any atom is 0.250 e. The van der Waals surface area contributed by atoms with Gasteiger partial charge in [0.25, 0.3) is 5.91 Å². The maximum absolute atomic E-state index is 12.2. The molecule has 134 valence electrons. The number of hydrogen-bond acceptors (Lipinski definition) is 4. The van der Waals surface area contributed by atoms with Crippen LogP contribution in [0.4, 0.5) is 0 Å². The van der Waals surface area contributed by atoms with E-state index in [0.29, 0.717) is 19.7 Å². The van der Waals surface area contributed by atoms with E-state index in [1.54, 1.807) is 0 Å². The van der Waals surface area contributed by atoms with E-state index in [1.165, 1.54) is 0 Å². The summed E-state index contributed by atoms with van der Waals surface area (Å²) < 4.78 is 11.4. The fourth-order valence-electron chi connectivity index (χ4n) is 2.55. The summed E-state index contributed by atoms with van der Waals surface area (Å²) in [6.45, 7) is 4.32. The van der Waals surface area contributed by atoms with Gasteiger partial charge >= 0.3 is 0 Å². The van der Waals surface area contributed by atoms with Crippen LogP contribution in [-0.2, 0) is 16.1 Å². The van der Waals surface area contributed by atoms with E-state index >= 15 is 0 Å². The van der Waals surface area contributed by atoms with Crippen LogP contribution in [0.2, 0.25) is 0 Å². The number of ether oxygens (including phenoxy) is 2. The molecular formula is C19H23ClN2O3. The van der Waals surface area contributed by atoms with E-state index in [1.807, 2.05) is 55.5 Å². The zero-order valence-electron chi connectivity index (χ0n) is 14.2. The predicted octanol–water partition coefficient (Wildman–Crippen LogP) is 2.81. The zero-order chi connectivity index (χ0) is 16.8. The number of carbonyl (C=O) groups is 1. The van der Waals surface area contributed by atoms with Gasteiger partial charge in [-0.05, 0) is 30.7 Å². The Balaban J connectivity index is 0.00000225. The Hall–Kier alpha value is -2.08. The minimum atomic E-state index is -0.428. The molecule has 1 amide bonds. The minimum Gasteiger partial charge on any atom is -0.457 e. The highest BCUT2D eigenvalue weighted by Gasteiger charge is 2.21. The topological polar surface area (TPSA) is 59.6 Å². The molecule has 0 saturated carbocycles. The largest absolute Gasteiger partial charge is 0.457 e. The first kappa shape index (κ1) is 19.2. The van der Waals surface area contributed by atoms with Crippen LogP contribution in [-0.4, -0.2) is 31.7 Å². The second-order valence-corrected chi connectivity index (χ2v) is 5.81. The summed E-state index contributed by atoms with van der Waals surface area (Å²) in [5.41, 5.74) is 2.04. The number of nitrogens with one attached hydrogen (secondary N) is 2. The molecule has 1 heterocycles. The Kier molecular flexibility index (Phi) is 7.25. The average Bonchev–Trinajstić information content (AvgIpc) is 2.62. The standard InChI is InChI=1S/C19H22N2O3.ClH/c1-14-7-8-15(12-21-19(22)18-13-20-9-10-23-18)17(11-14)24-16-5-3-2-4-6-16;/h2-8,11,18,20H,9-10,12-13H2,1H3,(H,21,22);1H. The van der Waals surface area contributed by atoms with E-state index in [0.717, 1.165) is 29.2 Å². The third-order valence-electron chi connectivity index (χ3n) is 3.87. The molecule has 0 radical (unpaired) electrons. The molecule has 2 aromatic carbocycles. The SMILES string of the molecule is Cc1ccc(CNC(=O)C2CNCCO2)c(Oc2ccccc2)c1.Cl. The van der Waals surface area contributed by atoms with E-state index in [-0.39, 0.29) is 18.3 Å². The average molecular weight is 363 g/mol. The van der Waals surface area contributed by atoms with E-state index in [4.69, 9.17) is 9.47 Å². The summed E-state index contributed by atoms with van der Waals surface area (Å²) in [6.07, 6.45) is -0.428. The third-order valence-corrected chi connectivity index (χ3v) is 3.87. The van der Waals surface area contributed by atoms with Crippen LogP contribution in [0.5, 0.6) is 11.5 Å². The molecule has 1 aliphatic rings. The summed E-state index contributed by atoms with van der Waals surface area (Å²) in [5, 5.41) is 6.09. The van der Waals surface area contributed by atoms with Gasteiger partial charge in [0.15, 0.2) is 0 Å². The van der Waals surface area contributed by atoms with Crippen molar-refractivity contribution in [3.8, 4) is 11.5 Å². The molecule has 25 heavy (non-hydrogen) atoms. The highest BCUT2D eigenvalue weighted by Crippen LogP contribution is 2.26. The molecule has 0 aromatic heterocycles. The van der Waals surface area contributed by atoms with Crippen molar-refractivity contribution in [1.29, 1.82) is 0 Å². The Labute approximate surface area is 154 Å². The first-order valence-corrected chi connectivity index (χ1v) is 8.15. The Morgan fingerprint density at radius 3 is 2.80 bits per heavy atom. The van der Waals surface area contributed by atoms with Gasteiger partial charge in [0, 0.05) is 25.2 Å². The van der Waals surface area contributed by atoms with Crippen molar-refractivity contribution in [2.75, 3.05) is 19.7 Å². The van der Waals surface area contributed by atoms with Crippen molar-refractivity contribution in [2.24, 2.45) is 0 Å². The molecule has 2 N–H and O–H groups in total. The molecular weight excluding hydrogens is 340 g/mol. The van der Waals surface area contributed by atoms with Crippen molar-refractivity contribution >= 4 is 18.3 Å². The van der Waals surface area contributed by atoms with Gasteiger partial charge in [-0.1, -0.05) is 30.3 Å². The molecule has 1 unspecified atom stereocenters. The number of amides is 1. The fraction of sp³-hybridized carbons (Fsp3) is 0.316. The lowest BCUT2D eigenvalue weighted by atomic mass is 10.1. The second kappa shape index (κ2) is 9.42. The number of halogens is 1. The molecule has 1 saturated heterocycles. The van der Waals surface area contributed by atoms with Gasteiger partial charge in [0.05, 0.1) is 6.61 Å². The first-order chi connectivity index (χ1) is 11.7. The van der Waals surface area contributed by atoms with Gasteiger partial charge < -0.3 is 20.1 Å². The maximum atomic E-state index is 12.2. The number of aryl methyl sites for hydroxylation is 1. The predicted molar refractivity (Wildman–Crippen MR) is 99.4 cm³/mol. The van der Waals surface area contributed by atoms with Crippen molar-refractivity contribution in [3.63, 3.8) is 0 Å². The van der Waals surface area contributed by atoms with Gasteiger partial charge in [0.1, 0.15) is 17.6 Å². The normalized spacial score (nSPS) is 16.6. The molecule has 6 heteroatoms. The molecule has 3 rings (SSSR count). The monoisotopic (exact) mass is 362 g/mol. The van der Waals surface area contributed by atoms with Crippen LogP contribution in [0.15, 0.2) is 48.5 Å². The Morgan fingerprint density at radius 2 is 2.08 bits per heavy atom. The summed E-state index contributed by atoms with van der Waals surface area (Å²) in [7, 11) is 0. The van der Waals surface area contributed by atoms with Crippen LogP contribution in [0.1, 0.15) is 11.1 Å². The van der Waals surface area contributed by atoms with Crippen molar-refractivity contribution in [3.05, 3.63) is 59.7 Å². The minimum absolute atomic E-state index is 0. The molecule has 0 bridgehead atoms. The Morgan fingerprint density at radius 1 is 1.28 bits per heavy atom. The number of benzene rings is 2. The third kappa shape index (κ3) is 5.46. The second-order valence-electron chi connectivity index (χ2n) is 5.81. The number of carbonyl (C=O) groups excluding carboxylic acids is 1. The van der Waals surface area contributed by atoms with Crippen molar-refractivity contribution in [1.82, 2.24) is 10.6 Å². The van der Waals surface area contributed by atoms with Crippen molar-refractivity contribution in [2.45, 2.75) is 19.6 Å². The molecule has 1 atom stereocenters. The van der Waals surface area contributed by atoms with Gasteiger partial charge in [-0.15, -0.1) is 12.4 Å². The lowest BCUT2D eigenvalue weighted by molar-refractivity contribution is -0.134. The van der Waals surface area contributed by atoms with Crippen molar-refractivity contribution < 1.29 is 14.3 Å². The molecule has 0 spiro atoms. The van der Waals surface area contributed by atoms with E-state index in [9.17, 15) is 4.79 Å². The summed E-state index contributed by atoms with van der Waals surface area (Å²) in [4.78, 5) is 12.2. The number of rotatable bonds is 5. The Bertz CT molecular complexity index is 688. The lowest BCUT2D eigenvalue weighted by Crippen LogP contribution is -2.47. The van der Waals surface area contributed by atoms with Crippen LogP contribution >= 0.6 is 12.4 Å². The van der Waals surface area contributed by atoms with Gasteiger partial charge in [-0.2, -0.15) is 0 Å². The number of para-hydroxylation sites is 1. The fourth-order valence-corrected chi connectivity index (χ4v) is 2.55. The van der Waals surface area contributed by atoms with Gasteiger partial charge in [-0.25, -0.2) is 0 Å².